The van der Waals surface area contributed by atoms with E-state index in [0.29, 0.717) is 0 Å². The van der Waals surface area contributed by atoms with Crippen molar-refractivity contribution in [3.63, 3.8) is 0 Å². The van der Waals surface area contributed by atoms with Crippen molar-refractivity contribution in [2.24, 2.45) is 0 Å². The monoisotopic (exact) mass is 747 g/mol. The Morgan fingerprint density at radius 3 is 0.759 bits per heavy atom. The van der Waals surface area contributed by atoms with Gasteiger partial charge in [-0.2, -0.15) is 0 Å². The third-order valence-electron chi connectivity index (χ3n) is 10.00. The highest BCUT2D eigenvalue weighted by molar-refractivity contribution is 5.85. The van der Waals surface area contributed by atoms with E-state index in [-0.39, 0.29) is 0 Å². The van der Waals surface area contributed by atoms with Crippen LogP contribution in [-0.2, 0) is 0 Å². The fourth-order valence-electron chi connectivity index (χ4n) is 7.40. The highest BCUT2D eigenvalue weighted by Gasteiger charge is 2.20. The van der Waals surface area contributed by atoms with Crippen LogP contribution >= 0.6 is 0 Å². The summed E-state index contributed by atoms with van der Waals surface area (Å²) in [5, 5.41) is 0. The van der Waals surface area contributed by atoms with E-state index in [4.69, 9.17) is 4.98 Å². The van der Waals surface area contributed by atoms with Crippen molar-refractivity contribution < 1.29 is 0 Å². The van der Waals surface area contributed by atoms with Crippen molar-refractivity contribution in [3.8, 4) is 0 Å². The molecule has 9 rings (SSSR count). The van der Waals surface area contributed by atoms with Crippen LogP contribution in [0.25, 0.3) is 0 Å². The molecule has 0 N–H and O–H groups in total. The zero-order valence-corrected chi connectivity index (χ0v) is 31.9. The summed E-state index contributed by atoms with van der Waals surface area (Å²) in [4.78, 5) is 14.3. The molecular weight excluding hydrogens is 707 g/mol. The lowest BCUT2D eigenvalue weighted by Crippen LogP contribution is -2.15. The number of benzene rings is 8. The summed E-state index contributed by atoms with van der Waals surface area (Å²) in [6.07, 6.45) is 1.97. The molecule has 0 aliphatic heterocycles. The van der Waals surface area contributed by atoms with E-state index in [1.807, 2.05) is 12.3 Å². The van der Waals surface area contributed by atoms with E-state index in [0.717, 1.165) is 68.4 Å². The van der Waals surface area contributed by atoms with Gasteiger partial charge in [-0.1, -0.05) is 121 Å². The first-order valence-corrected chi connectivity index (χ1v) is 19.5. The predicted octanol–water partition coefficient (Wildman–Crippen LogP) is 15.0. The molecular formula is C53H41N5. The maximum atomic E-state index is 5.21. The number of anilines is 12. The van der Waals surface area contributed by atoms with Crippen molar-refractivity contribution in [2.45, 2.75) is 0 Å². The molecule has 5 nitrogen and oxygen atoms in total. The molecule has 1 aromatic heterocycles. The van der Waals surface area contributed by atoms with Crippen LogP contribution in [0.4, 0.5) is 68.4 Å². The van der Waals surface area contributed by atoms with E-state index in [2.05, 4.69) is 256 Å². The minimum Gasteiger partial charge on any atom is -0.310 e. The second kappa shape index (κ2) is 16.9. The van der Waals surface area contributed by atoms with Crippen LogP contribution < -0.4 is 19.6 Å². The average Bonchev–Trinajstić information content (AvgIpc) is 3.30. The Hall–Kier alpha value is -7.89. The molecule has 0 spiro atoms. The zero-order chi connectivity index (χ0) is 38.9. The highest BCUT2D eigenvalue weighted by Crippen LogP contribution is 2.43. The Bertz CT molecular complexity index is 2390. The first-order chi connectivity index (χ1) is 28.8. The van der Waals surface area contributed by atoms with Crippen LogP contribution in [0.5, 0.6) is 0 Å². The lowest BCUT2D eigenvalue weighted by atomic mass is 10.1. The van der Waals surface area contributed by atoms with E-state index >= 15 is 0 Å². The van der Waals surface area contributed by atoms with Crippen molar-refractivity contribution in [3.05, 3.63) is 249 Å². The van der Waals surface area contributed by atoms with Gasteiger partial charge >= 0.3 is 0 Å². The molecule has 0 aliphatic carbocycles. The topological polar surface area (TPSA) is 25.9 Å². The molecule has 1 heterocycles. The van der Waals surface area contributed by atoms with Crippen molar-refractivity contribution >= 4 is 68.4 Å². The number of rotatable bonds is 12. The second-order valence-electron chi connectivity index (χ2n) is 13.8. The SMILES string of the molecule is c1ccc(N(c2ccccc2)c2cccc(N(c3ccccc3)c3ccc(N(c4ccccc4)c4cccc(N(c5ccccc5)c5ccccc5)c4)nc3)c2)cc1. The number of hydrogen-bond donors (Lipinski definition) is 0. The third kappa shape index (κ3) is 7.65. The summed E-state index contributed by atoms with van der Waals surface area (Å²) in [5.74, 6) is 0.805. The molecule has 0 atom stereocenters. The lowest BCUT2D eigenvalue weighted by Gasteiger charge is -2.30. The summed E-state index contributed by atoms with van der Waals surface area (Å²) in [6, 6.07) is 84.5. The van der Waals surface area contributed by atoms with Gasteiger partial charge in [-0.25, -0.2) is 4.98 Å². The minimum atomic E-state index is 0.805. The van der Waals surface area contributed by atoms with Gasteiger partial charge < -0.3 is 14.7 Å². The van der Waals surface area contributed by atoms with Crippen molar-refractivity contribution in [1.29, 1.82) is 0 Å². The first kappa shape index (κ1) is 35.8. The molecule has 0 unspecified atom stereocenters. The van der Waals surface area contributed by atoms with E-state index in [1.54, 1.807) is 0 Å². The van der Waals surface area contributed by atoms with Crippen LogP contribution in [0.1, 0.15) is 0 Å². The van der Waals surface area contributed by atoms with Gasteiger partial charge in [0, 0.05) is 56.9 Å². The first-order valence-electron chi connectivity index (χ1n) is 19.5. The Labute approximate surface area is 340 Å². The van der Waals surface area contributed by atoms with Crippen molar-refractivity contribution in [2.75, 3.05) is 19.6 Å². The van der Waals surface area contributed by atoms with Crippen molar-refractivity contribution in [1.82, 2.24) is 4.98 Å². The summed E-state index contributed by atoms with van der Waals surface area (Å²) < 4.78 is 0. The number of nitrogens with zero attached hydrogens (tertiary/aromatic N) is 5. The Morgan fingerprint density at radius 2 is 0.466 bits per heavy atom. The molecule has 0 fully saturated rings. The van der Waals surface area contributed by atoms with Gasteiger partial charge in [-0.05, 0) is 121 Å². The number of aromatic nitrogens is 1. The summed E-state index contributed by atoms with van der Waals surface area (Å²) >= 11 is 0. The fraction of sp³-hybridized carbons (Fsp3) is 0. The quantitative estimate of drug-likeness (QED) is 0.124. The third-order valence-corrected chi connectivity index (χ3v) is 10.00. The van der Waals surface area contributed by atoms with Gasteiger partial charge in [-0.15, -0.1) is 0 Å². The van der Waals surface area contributed by atoms with Gasteiger partial charge in [0.1, 0.15) is 5.82 Å². The Morgan fingerprint density at radius 1 is 0.207 bits per heavy atom. The normalized spacial score (nSPS) is 10.8. The molecule has 58 heavy (non-hydrogen) atoms. The van der Waals surface area contributed by atoms with E-state index in [1.165, 1.54) is 0 Å². The lowest BCUT2D eigenvalue weighted by molar-refractivity contribution is 1.16. The smallest absolute Gasteiger partial charge is 0.137 e. The Kier molecular flexibility index (Phi) is 10.4. The van der Waals surface area contributed by atoms with E-state index < -0.39 is 0 Å². The molecule has 0 saturated carbocycles. The molecule has 0 bridgehead atoms. The molecule has 9 aromatic rings. The maximum Gasteiger partial charge on any atom is 0.137 e. The van der Waals surface area contributed by atoms with Crippen LogP contribution in [-0.4, -0.2) is 4.98 Å². The summed E-state index contributed by atoms with van der Waals surface area (Å²) in [7, 11) is 0. The minimum absolute atomic E-state index is 0.805. The number of hydrogen-bond acceptors (Lipinski definition) is 5. The zero-order valence-electron chi connectivity index (χ0n) is 31.9. The van der Waals surface area contributed by atoms with Gasteiger partial charge in [0.05, 0.1) is 11.9 Å². The van der Waals surface area contributed by atoms with Gasteiger partial charge in [0.25, 0.3) is 0 Å². The molecule has 0 saturated heterocycles. The summed E-state index contributed by atoms with van der Waals surface area (Å²) in [5.41, 5.74) is 11.4. The average molecular weight is 748 g/mol. The van der Waals surface area contributed by atoms with Gasteiger partial charge in [0.2, 0.25) is 0 Å². The Balaban J connectivity index is 1.12. The van der Waals surface area contributed by atoms with Crippen LogP contribution in [0.3, 0.4) is 0 Å². The molecule has 0 radical (unpaired) electrons. The van der Waals surface area contributed by atoms with Gasteiger partial charge in [-0.3, -0.25) is 4.90 Å². The van der Waals surface area contributed by atoms with Crippen LogP contribution in [0.2, 0.25) is 0 Å². The molecule has 5 heteroatoms. The summed E-state index contributed by atoms with van der Waals surface area (Å²) in [6.45, 7) is 0. The molecule has 0 amide bonds. The predicted molar refractivity (Wildman–Crippen MR) is 243 cm³/mol. The number of para-hydroxylation sites is 6. The van der Waals surface area contributed by atoms with Crippen LogP contribution in [0, 0.1) is 0 Å². The maximum absolute atomic E-state index is 5.21. The van der Waals surface area contributed by atoms with Crippen LogP contribution in [0.15, 0.2) is 249 Å². The molecule has 0 aliphatic rings. The number of pyridine rings is 1. The standard InChI is InChI=1S/C53H41N5/c1-7-21-42(22-8-1)55(43-23-9-2-10-24-43)48-33-19-35-50(39-48)57(46-29-15-5-16-30-46)52-37-38-53(54-41-52)58(47-31-17-6-18-32-47)51-36-20-34-49(40-51)56(44-25-11-3-12-26-44)45-27-13-4-14-28-45/h1-41H. The second-order valence-corrected chi connectivity index (χ2v) is 13.8. The molecule has 278 valence electrons. The van der Waals surface area contributed by atoms with Gasteiger partial charge in [0.15, 0.2) is 0 Å². The largest absolute Gasteiger partial charge is 0.310 e. The fourth-order valence-corrected chi connectivity index (χ4v) is 7.40. The highest BCUT2D eigenvalue weighted by atomic mass is 15.2. The van der Waals surface area contributed by atoms with E-state index in [9.17, 15) is 0 Å². The molecule has 8 aromatic carbocycles.